The molecule has 0 atom stereocenters. The summed E-state index contributed by atoms with van der Waals surface area (Å²) in [5.41, 5.74) is 1.32. The van der Waals surface area contributed by atoms with Gasteiger partial charge in [0, 0.05) is 26.1 Å². The van der Waals surface area contributed by atoms with E-state index < -0.39 is 0 Å². The Labute approximate surface area is 139 Å². The molecule has 1 amide bonds. The molecule has 1 aromatic carbocycles. The first-order valence-corrected chi connectivity index (χ1v) is 8.48. The molecule has 128 valence electrons. The molecule has 5 heteroatoms. The average Bonchev–Trinajstić information content (AvgIpc) is 2.60. The average molecular weight is 319 g/mol. The van der Waals surface area contributed by atoms with Crippen LogP contribution >= 0.6 is 0 Å². The number of methoxy groups -OCH3 is 1. The van der Waals surface area contributed by atoms with Crippen molar-refractivity contribution in [3.8, 4) is 5.75 Å². The summed E-state index contributed by atoms with van der Waals surface area (Å²) in [5.74, 6) is 1.67. The van der Waals surface area contributed by atoms with E-state index in [1.165, 1.54) is 5.56 Å². The van der Waals surface area contributed by atoms with E-state index in [0.717, 1.165) is 51.3 Å². The van der Waals surface area contributed by atoms with Gasteiger partial charge in [0.15, 0.2) is 0 Å². The Morgan fingerprint density at radius 2 is 1.96 bits per heavy atom. The number of likely N-dealkylation sites (tertiary alicyclic amines) is 1. The fraction of sp³-hybridized carbons (Fsp3) is 0.611. The van der Waals surface area contributed by atoms with Gasteiger partial charge in [-0.3, -0.25) is 9.69 Å². The van der Waals surface area contributed by atoms with E-state index in [9.17, 15) is 4.79 Å². The van der Waals surface area contributed by atoms with E-state index in [0.29, 0.717) is 12.3 Å². The van der Waals surface area contributed by atoms with Crippen LogP contribution in [0.4, 0.5) is 0 Å². The number of amides is 1. The number of nitrogens with zero attached hydrogens (tertiary/aromatic N) is 1. The smallest absolute Gasteiger partial charge is 0.221 e. The molecule has 0 aliphatic carbocycles. The first-order valence-electron chi connectivity index (χ1n) is 8.48. The summed E-state index contributed by atoms with van der Waals surface area (Å²) in [5, 5.41) is 6.05. The van der Waals surface area contributed by atoms with Crippen LogP contribution in [0.5, 0.6) is 5.75 Å². The summed E-state index contributed by atoms with van der Waals surface area (Å²) in [7, 11) is 3.56. The molecular weight excluding hydrogens is 290 g/mol. The molecule has 0 spiro atoms. The van der Waals surface area contributed by atoms with E-state index in [-0.39, 0.29) is 5.91 Å². The third-order valence-corrected chi connectivity index (χ3v) is 4.46. The predicted octanol–water partition coefficient (Wildman–Crippen LogP) is 1.63. The van der Waals surface area contributed by atoms with Crippen molar-refractivity contribution >= 4 is 5.91 Å². The summed E-state index contributed by atoms with van der Waals surface area (Å²) in [6, 6.07) is 8.30. The summed E-state index contributed by atoms with van der Waals surface area (Å²) in [4.78, 5) is 14.1. The van der Waals surface area contributed by atoms with E-state index in [2.05, 4.69) is 27.7 Å². The number of nitrogens with one attached hydrogen (secondary N) is 2. The zero-order valence-corrected chi connectivity index (χ0v) is 14.3. The zero-order valence-electron chi connectivity index (χ0n) is 14.3. The normalized spacial score (nSPS) is 16.3. The van der Waals surface area contributed by atoms with Crippen LogP contribution in [0.3, 0.4) is 0 Å². The number of hydrogen-bond donors (Lipinski definition) is 2. The van der Waals surface area contributed by atoms with Crippen LogP contribution < -0.4 is 15.4 Å². The molecular formula is C18H29N3O2. The van der Waals surface area contributed by atoms with Crippen LogP contribution in [0.1, 0.15) is 24.8 Å². The van der Waals surface area contributed by atoms with E-state index in [4.69, 9.17) is 4.74 Å². The predicted molar refractivity (Wildman–Crippen MR) is 92.5 cm³/mol. The molecule has 0 unspecified atom stereocenters. The quantitative estimate of drug-likeness (QED) is 0.765. The summed E-state index contributed by atoms with van der Waals surface area (Å²) < 4.78 is 5.19. The molecule has 1 aliphatic heterocycles. The van der Waals surface area contributed by atoms with Crippen molar-refractivity contribution in [3.05, 3.63) is 29.8 Å². The molecule has 1 heterocycles. The highest BCUT2D eigenvalue weighted by atomic mass is 16.5. The molecule has 1 aliphatic rings. The van der Waals surface area contributed by atoms with Crippen LogP contribution in [-0.2, 0) is 11.3 Å². The highest BCUT2D eigenvalue weighted by Crippen LogP contribution is 2.19. The van der Waals surface area contributed by atoms with Crippen molar-refractivity contribution < 1.29 is 9.53 Å². The minimum Gasteiger partial charge on any atom is -0.497 e. The number of hydrogen-bond acceptors (Lipinski definition) is 4. The van der Waals surface area contributed by atoms with Crippen molar-refractivity contribution in [2.45, 2.75) is 25.8 Å². The SMILES string of the molecule is CNCCC(=O)NCC1CCN(Cc2ccc(OC)cc2)CC1. The molecule has 0 radical (unpaired) electrons. The highest BCUT2D eigenvalue weighted by Gasteiger charge is 2.19. The number of benzene rings is 1. The standard InChI is InChI=1S/C18H29N3O2/c1-19-10-7-18(22)20-13-15-8-11-21(12-9-15)14-16-3-5-17(23-2)6-4-16/h3-6,15,19H,7-14H2,1-2H3,(H,20,22). The molecule has 1 saturated heterocycles. The fourth-order valence-electron chi connectivity index (χ4n) is 2.92. The van der Waals surface area contributed by atoms with Crippen molar-refractivity contribution in [3.63, 3.8) is 0 Å². The molecule has 1 aromatic rings. The Balaban J connectivity index is 1.66. The van der Waals surface area contributed by atoms with Crippen LogP contribution in [0.25, 0.3) is 0 Å². The maximum absolute atomic E-state index is 11.6. The number of carbonyl (C=O) groups excluding carboxylic acids is 1. The Kier molecular flexibility index (Phi) is 7.36. The zero-order chi connectivity index (χ0) is 16.5. The number of carbonyl (C=O) groups is 1. The van der Waals surface area contributed by atoms with Crippen molar-refractivity contribution in [1.29, 1.82) is 0 Å². The summed E-state index contributed by atoms with van der Waals surface area (Å²) in [6.45, 7) is 4.75. The van der Waals surface area contributed by atoms with Gasteiger partial charge in [-0.1, -0.05) is 12.1 Å². The van der Waals surface area contributed by atoms with E-state index >= 15 is 0 Å². The molecule has 1 fully saturated rings. The van der Waals surface area contributed by atoms with Gasteiger partial charge in [-0.25, -0.2) is 0 Å². The van der Waals surface area contributed by atoms with Gasteiger partial charge >= 0.3 is 0 Å². The Hall–Kier alpha value is -1.59. The lowest BCUT2D eigenvalue weighted by Crippen LogP contribution is -2.38. The minimum atomic E-state index is 0.153. The summed E-state index contributed by atoms with van der Waals surface area (Å²) in [6.07, 6.45) is 2.87. The third-order valence-electron chi connectivity index (χ3n) is 4.46. The van der Waals surface area contributed by atoms with Crippen molar-refractivity contribution in [2.24, 2.45) is 5.92 Å². The lowest BCUT2D eigenvalue weighted by molar-refractivity contribution is -0.121. The third kappa shape index (κ3) is 6.20. The van der Waals surface area contributed by atoms with Crippen LogP contribution in [-0.4, -0.2) is 51.1 Å². The number of rotatable bonds is 8. The minimum absolute atomic E-state index is 0.153. The van der Waals surface area contributed by atoms with Gasteiger partial charge in [-0.2, -0.15) is 0 Å². The largest absolute Gasteiger partial charge is 0.497 e. The van der Waals surface area contributed by atoms with Crippen molar-refractivity contribution in [2.75, 3.05) is 40.3 Å². The van der Waals surface area contributed by atoms with Gasteiger partial charge in [0.1, 0.15) is 5.75 Å². The van der Waals surface area contributed by atoms with E-state index in [1.807, 2.05) is 19.2 Å². The van der Waals surface area contributed by atoms with Gasteiger partial charge in [0.25, 0.3) is 0 Å². The lowest BCUT2D eigenvalue weighted by atomic mass is 9.96. The maximum Gasteiger partial charge on any atom is 0.221 e. The molecule has 0 aromatic heterocycles. The molecule has 0 bridgehead atoms. The van der Waals surface area contributed by atoms with E-state index in [1.54, 1.807) is 7.11 Å². The molecule has 2 N–H and O–H groups in total. The lowest BCUT2D eigenvalue weighted by Gasteiger charge is -2.32. The highest BCUT2D eigenvalue weighted by molar-refractivity contribution is 5.76. The topological polar surface area (TPSA) is 53.6 Å². The number of ether oxygens (including phenoxy) is 1. The monoisotopic (exact) mass is 319 g/mol. The second-order valence-electron chi connectivity index (χ2n) is 6.23. The Bertz CT molecular complexity index is 468. The van der Waals surface area contributed by atoms with Gasteiger partial charge in [0.05, 0.1) is 7.11 Å². The van der Waals surface area contributed by atoms with Crippen LogP contribution in [0.2, 0.25) is 0 Å². The van der Waals surface area contributed by atoms with Gasteiger partial charge in [-0.15, -0.1) is 0 Å². The second kappa shape index (κ2) is 9.53. The van der Waals surface area contributed by atoms with Crippen LogP contribution in [0, 0.1) is 5.92 Å². The van der Waals surface area contributed by atoms with Gasteiger partial charge in [0.2, 0.25) is 5.91 Å². The molecule has 23 heavy (non-hydrogen) atoms. The van der Waals surface area contributed by atoms with Crippen LogP contribution in [0.15, 0.2) is 24.3 Å². The summed E-state index contributed by atoms with van der Waals surface area (Å²) >= 11 is 0. The Morgan fingerprint density at radius 1 is 1.26 bits per heavy atom. The number of piperidine rings is 1. The first kappa shape index (κ1) is 17.8. The molecule has 2 rings (SSSR count). The molecule has 0 saturated carbocycles. The first-order chi connectivity index (χ1) is 11.2. The maximum atomic E-state index is 11.6. The van der Waals surface area contributed by atoms with Crippen molar-refractivity contribution in [1.82, 2.24) is 15.5 Å². The Morgan fingerprint density at radius 3 is 2.57 bits per heavy atom. The fourth-order valence-corrected chi connectivity index (χ4v) is 2.92. The van der Waals surface area contributed by atoms with Gasteiger partial charge in [-0.05, 0) is 56.6 Å². The van der Waals surface area contributed by atoms with Gasteiger partial charge < -0.3 is 15.4 Å². The second-order valence-corrected chi connectivity index (χ2v) is 6.23. The molecule has 5 nitrogen and oxygen atoms in total.